The molecule has 3 rings (SSSR count). The molecule has 0 fully saturated rings. The smallest absolute Gasteiger partial charge is 0.213 e. The fourth-order valence-electron chi connectivity index (χ4n) is 3.09. The van der Waals surface area contributed by atoms with Crippen molar-refractivity contribution < 1.29 is 26.0 Å². The summed E-state index contributed by atoms with van der Waals surface area (Å²) in [7, 11) is -5.71. The summed E-state index contributed by atoms with van der Waals surface area (Å²) in [6, 6.07) is 9.43. The van der Waals surface area contributed by atoms with Crippen molar-refractivity contribution in [3.05, 3.63) is 53.8 Å². The Morgan fingerprint density at radius 3 is 2.50 bits per heavy atom. The predicted octanol–water partition coefficient (Wildman–Crippen LogP) is 2.63. The Bertz CT molecular complexity index is 1080. The van der Waals surface area contributed by atoms with Crippen LogP contribution in [0.5, 0.6) is 5.75 Å². The normalized spacial score (nSPS) is 17.2. The predicted molar refractivity (Wildman–Crippen MR) is 103 cm³/mol. The first-order chi connectivity index (χ1) is 13.1. The Hall–Kier alpha value is -1.97. The minimum Gasteiger partial charge on any atom is -0.489 e. The van der Waals surface area contributed by atoms with Gasteiger partial charge in [0, 0.05) is 7.05 Å². The number of halogens is 1. The highest BCUT2D eigenvalue weighted by Gasteiger charge is 2.27. The Labute approximate surface area is 164 Å². The van der Waals surface area contributed by atoms with Gasteiger partial charge in [-0.3, -0.25) is 0 Å². The number of sulfone groups is 1. The summed E-state index contributed by atoms with van der Waals surface area (Å²) in [5.41, 5.74) is 0.857. The second-order valence-corrected chi connectivity index (χ2v) is 11.0. The molecular weight excluding hydrogens is 405 g/mol. The lowest BCUT2D eigenvalue weighted by Crippen LogP contribution is -2.39. The Balaban J connectivity index is 1.86. The van der Waals surface area contributed by atoms with Crippen LogP contribution in [0.1, 0.15) is 18.9 Å². The number of hydrogen-bond acceptors (Lipinski definition) is 5. The maximum absolute atomic E-state index is 13.4. The van der Waals surface area contributed by atoms with Crippen LogP contribution in [0.25, 0.3) is 0 Å². The number of rotatable bonds is 6. The first-order valence-corrected chi connectivity index (χ1v) is 12.0. The highest BCUT2D eigenvalue weighted by molar-refractivity contribution is 7.91. The fourth-order valence-corrected chi connectivity index (χ4v) is 5.23. The van der Waals surface area contributed by atoms with E-state index in [2.05, 4.69) is 0 Å². The van der Waals surface area contributed by atoms with Crippen molar-refractivity contribution >= 4 is 19.9 Å². The minimum absolute atomic E-state index is 0.00281. The molecule has 0 aliphatic carbocycles. The van der Waals surface area contributed by atoms with Crippen LogP contribution in [-0.2, 0) is 26.3 Å². The van der Waals surface area contributed by atoms with E-state index >= 15 is 0 Å². The molecule has 1 aliphatic rings. The van der Waals surface area contributed by atoms with Gasteiger partial charge in [0.25, 0.3) is 0 Å². The van der Waals surface area contributed by atoms with Gasteiger partial charge in [0.2, 0.25) is 19.9 Å². The summed E-state index contributed by atoms with van der Waals surface area (Å²) in [5, 5.41) is 0. The standard InChI is InChI=1S/C19H22FNO5S2/c1-3-27(22,23)21(2)13-16-9-7-14-8-10-18(12-19(14)26-16)28(24,25)17-6-4-5-15(20)11-17/h4-6,8,10-12,16H,3,7,9,13H2,1-2H3/t16-/m1/s1. The van der Waals surface area contributed by atoms with Crippen LogP contribution in [-0.4, -0.2) is 46.6 Å². The number of benzene rings is 2. The van der Waals surface area contributed by atoms with Crippen molar-refractivity contribution in [2.24, 2.45) is 0 Å². The Morgan fingerprint density at radius 2 is 1.82 bits per heavy atom. The molecule has 2 aromatic rings. The molecule has 1 aliphatic heterocycles. The van der Waals surface area contributed by atoms with E-state index in [-0.39, 0.29) is 28.2 Å². The summed E-state index contributed by atoms with van der Waals surface area (Å²) < 4.78 is 70.1. The average molecular weight is 428 g/mol. The molecule has 6 nitrogen and oxygen atoms in total. The van der Waals surface area contributed by atoms with Gasteiger partial charge < -0.3 is 4.74 Å². The second kappa shape index (κ2) is 7.81. The summed E-state index contributed by atoms with van der Waals surface area (Å²) in [5.74, 6) is -0.213. The van der Waals surface area contributed by atoms with E-state index in [0.29, 0.717) is 18.6 Å². The molecule has 9 heteroatoms. The van der Waals surface area contributed by atoms with Gasteiger partial charge >= 0.3 is 0 Å². The number of hydrogen-bond donors (Lipinski definition) is 0. The van der Waals surface area contributed by atoms with E-state index in [0.717, 1.165) is 11.6 Å². The first kappa shape index (κ1) is 20.8. The molecule has 28 heavy (non-hydrogen) atoms. The first-order valence-electron chi connectivity index (χ1n) is 8.87. The SMILES string of the molecule is CCS(=O)(=O)N(C)C[C@H]1CCc2ccc(S(=O)(=O)c3cccc(F)c3)cc2O1. The molecule has 1 heterocycles. The number of likely N-dealkylation sites (N-methyl/N-ethyl adjacent to an activating group) is 1. The lowest BCUT2D eigenvalue weighted by Gasteiger charge is -2.29. The van der Waals surface area contributed by atoms with E-state index in [1.54, 1.807) is 13.0 Å². The van der Waals surface area contributed by atoms with Crippen LogP contribution in [0.3, 0.4) is 0 Å². The summed E-state index contributed by atoms with van der Waals surface area (Å²) >= 11 is 0. The van der Waals surface area contributed by atoms with Crippen molar-refractivity contribution in [1.82, 2.24) is 4.31 Å². The Kier molecular flexibility index (Phi) is 5.79. The van der Waals surface area contributed by atoms with Crippen molar-refractivity contribution in [3.8, 4) is 5.75 Å². The van der Waals surface area contributed by atoms with Crippen LogP contribution < -0.4 is 4.74 Å². The van der Waals surface area contributed by atoms with E-state index in [1.165, 1.54) is 41.7 Å². The largest absolute Gasteiger partial charge is 0.489 e. The molecular formula is C19H22FNO5S2. The maximum atomic E-state index is 13.4. The van der Waals surface area contributed by atoms with Gasteiger partial charge in [0.15, 0.2) is 0 Å². The molecule has 0 unspecified atom stereocenters. The zero-order valence-electron chi connectivity index (χ0n) is 15.6. The van der Waals surface area contributed by atoms with Crippen molar-refractivity contribution in [1.29, 1.82) is 0 Å². The Morgan fingerprint density at radius 1 is 1.11 bits per heavy atom. The van der Waals surface area contributed by atoms with Crippen LogP contribution in [0.4, 0.5) is 4.39 Å². The molecule has 1 atom stereocenters. The highest BCUT2D eigenvalue weighted by Crippen LogP contribution is 2.32. The number of aryl methyl sites for hydroxylation is 1. The summed E-state index contributed by atoms with van der Waals surface area (Å²) in [6.07, 6.45) is 0.915. The zero-order chi connectivity index (χ0) is 20.5. The molecule has 0 saturated carbocycles. The topological polar surface area (TPSA) is 80.8 Å². The molecule has 152 valence electrons. The molecule has 0 aromatic heterocycles. The summed E-state index contributed by atoms with van der Waals surface area (Å²) in [4.78, 5) is -0.124. The monoisotopic (exact) mass is 427 g/mol. The second-order valence-electron chi connectivity index (χ2n) is 6.69. The van der Waals surface area contributed by atoms with Crippen LogP contribution in [0, 0.1) is 5.82 Å². The molecule has 0 amide bonds. The highest BCUT2D eigenvalue weighted by atomic mass is 32.2. The van der Waals surface area contributed by atoms with Crippen molar-refractivity contribution in [2.45, 2.75) is 35.7 Å². The average Bonchev–Trinajstić information content (AvgIpc) is 2.67. The van der Waals surface area contributed by atoms with Gasteiger partial charge in [-0.1, -0.05) is 12.1 Å². The van der Waals surface area contributed by atoms with Gasteiger partial charge in [0.05, 0.1) is 22.1 Å². The third-order valence-electron chi connectivity index (χ3n) is 4.79. The van der Waals surface area contributed by atoms with Crippen LogP contribution >= 0.6 is 0 Å². The van der Waals surface area contributed by atoms with E-state index in [9.17, 15) is 21.2 Å². The molecule has 0 spiro atoms. The van der Waals surface area contributed by atoms with Gasteiger partial charge in [-0.25, -0.2) is 25.5 Å². The van der Waals surface area contributed by atoms with E-state index in [1.807, 2.05) is 0 Å². The third kappa shape index (κ3) is 4.21. The number of nitrogens with zero attached hydrogens (tertiary/aromatic N) is 1. The molecule has 0 N–H and O–H groups in total. The van der Waals surface area contributed by atoms with Gasteiger partial charge in [-0.15, -0.1) is 0 Å². The number of ether oxygens (including phenoxy) is 1. The summed E-state index contributed by atoms with van der Waals surface area (Å²) in [6.45, 7) is 1.77. The molecule has 2 aromatic carbocycles. The van der Waals surface area contributed by atoms with Crippen LogP contribution in [0.2, 0.25) is 0 Å². The van der Waals surface area contributed by atoms with Gasteiger partial charge in [0.1, 0.15) is 17.7 Å². The van der Waals surface area contributed by atoms with Gasteiger partial charge in [-0.05, 0) is 55.7 Å². The lowest BCUT2D eigenvalue weighted by atomic mass is 10.0. The van der Waals surface area contributed by atoms with Crippen molar-refractivity contribution in [2.75, 3.05) is 19.3 Å². The molecule has 0 bridgehead atoms. The number of sulfonamides is 1. The van der Waals surface area contributed by atoms with E-state index in [4.69, 9.17) is 4.74 Å². The van der Waals surface area contributed by atoms with Crippen LogP contribution in [0.15, 0.2) is 52.3 Å². The fraction of sp³-hybridized carbons (Fsp3) is 0.368. The quantitative estimate of drug-likeness (QED) is 0.708. The molecule has 0 radical (unpaired) electrons. The zero-order valence-corrected chi connectivity index (χ0v) is 17.3. The van der Waals surface area contributed by atoms with Crippen molar-refractivity contribution in [3.63, 3.8) is 0 Å². The maximum Gasteiger partial charge on any atom is 0.213 e. The third-order valence-corrected chi connectivity index (χ3v) is 8.36. The number of fused-ring (bicyclic) bond motifs is 1. The van der Waals surface area contributed by atoms with E-state index < -0.39 is 25.7 Å². The van der Waals surface area contributed by atoms with Gasteiger partial charge in [-0.2, -0.15) is 0 Å². The minimum atomic E-state index is -3.89. The lowest BCUT2D eigenvalue weighted by molar-refractivity contribution is 0.152. The molecule has 0 saturated heterocycles.